The van der Waals surface area contributed by atoms with Crippen LogP contribution in [-0.4, -0.2) is 78.0 Å². The van der Waals surface area contributed by atoms with Gasteiger partial charge >= 0.3 is 12.0 Å². The van der Waals surface area contributed by atoms with Crippen molar-refractivity contribution in [2.45, 2.75) is 64.1 Å². The summed E-state index contributed by atoms with van der Waals surface area (Å²) in [5.41, 5.74) is -0.0767. The van der Waals surface area contributed by atoms with Gasteiger partial charge in [-0.05, 0) is 69.0 Å². The van der Waals surface area contributed by atoms with Crippen molar-refractivity contribution < 1.29 is 42.2 Å². The average Bonchev–Trinajstić information content (AvgIpc) is 3.28. The van der Waals surface area contributed by atoms with E-state index in [2.05, 4.69) is 10.6 Å². The lowest BCUT2D eigenvalue weighted by Crippen LogP contribution is -2.52. The van der Waals surface area contributed by atoms with E-state index in [4.69, 9.17) is 21.1 Å². The van der Waals surface area contributed by atoms with Gasteiger partial charge in [0, 0.05) is 48.4 Å². The number of carbonyl (C=O) groups is 5. The van der Waals surface area contributed by atoms with Crippen molar-refractivity contribution in [1.82, 2.24) is 15.1 Å². The molecule has 1 saturated heterocycles. The number of alkyl halides is 2. The van der Waals surface area contributed by atoms with Gasteiger partial charge in [0.25, 0.3) is 11.8 Å². The molecule has 1 fully saturated rings. The summed E-state index contributed by atoms with van der Waals surface area (Å²) in [6.45, 7) is 6.10. The second-order valence-electron chi connectivity index (χ2n) is 11.9. The molecule has 2 aliphatic heterocycles. The second kappa shape index (κ2) is 13.5. The van der Waals surface area contributed by atoms with Crippen LogP contribution in [0.3, 0.4) is 0 Å². The van der Waals surface area contributed by atoms with E-state index in [-0.39, 0.29) is 54.4 Å². The molecule has 45 heavy (non-hydrogen) atoms. The van der Waals surface area contributed by atoms with Crippen LogP contribution in [0.15, 0.2) is 36.4 Å². The van der Waals surface area contributed by atoms with Crippen molar-refractivity contribution in [2.24, 2.45) is 0 Å². The van der Waals surface area contributed by atoms with Crippen LogP contribution in [0, 0.1) is 0 Å². The summed E-state index contributed by atoms with van der Waals surface area (Å²) in [4.78, 5) is 63.9. The Labute approximate surface area is 264 Å². The molecule has 2 aromatic carbocycles. The van der Waals surface area contributed by atoms with Crippen LogP contribution in [0.1, 0.15) is 60.7 Å². The molecule has 0 spiro atoms. The zero-order chi connectivity index (χ0) is 33.1. The van der Waals surface area contributed by atoms with E-state index in [1.54, 1.807) is 33.9 Å². The lowest BCUT2D eigenvalue weighted by molar-refractivity contribution is -0.141. The summed E-state index contributed by atoms with van der Waals surface area (Å²) < 4.78 is 41.4. The van der Waals surface area contributed by atoms with Crippen molar-refractivity contribution >= 4 is 47.0 Å². The van der Waals surface area contributed by atoms with E-state index in [0.717, 1.165) is 12.1 Å². The van der Waals surface area contributed by atoms with Gasteiger partial charge in [0.15, 0.2) is 0 Å². The van der Waals surface area contributed by atoms with Crippen LogP contribution in [-0.2, 0) is 42.7 Å². The highest BCUT2D eigenvalue weighted by Crippen LogP contribution is 2.35. The number of nitrogens with one attached hydrogen (secondary N) is 2. The number of anilines is 1. The van der Waals surface area contributed by atoms with E-state index in [0.29, 0.717) is 18.5 Å². The molecule has 11 nitrogen and oxygen atoms in total. The summed E-state index contributed by atoms with van der Waals surface area (Å²) in [7, 11) is 1.60. The number of piperidine rings is 1. The molecule has 4 rings (SSSR count). The largest absolute Gasteiger partial charge is 0.444 e. The number of fused-ring (bicyclic) bond motifs is 1. The van der Waals surface area contributed by atoms with Gasteiger partial charge in [0.05, 0.1) is 13.2 Å². The molecular weight excluding hydrogens is 614 g/mol. The molecule has 5 amide bonds. The molecule has 2 aromatic rings. The number of rotatable bonds is 10. The van der Waals surface area contributed by atoms with Crippen LogP contribution in [0.5, 0.6) is 0 Å². The van der Waals surface area contributed by atoms with Crippen LogP contribution in [0.2, 0.25) is 5.02 Å². The summed E-state index contributed by atoms with van der Waals surface area (Å²) in [5.74, 6) is -7.10. The Hall–Kier alpha value is -4.10. The molecule has 2 heterocycles. The number of hydrogen-bond donors (Lipinski definition) is 2. The zero-order valence-corrected chi connectivity index (χ0v) is 26.1. The van der Waals surface area contributed by atoms with Crippen molar-refractivity contribution in [3.8, 4) is 0 Å². The third-order valence-electron chi connectivity index (χ3n) is 7.27. The smallest absolute Gasteiger partial charge is 0.410 e. The topological polar surface area (TPSA) is 134 Å². The molecule has 0 bridgehead atoms. The van der Waals surface area contributed by atoms with Gasteiger partial charge < -0.3 is 24.6 Å². The zero-order valence-electron chi connectivity index (χ0n) is 25.4. The molecule has 242 valence electrons. The summed E-state index contributed by atoms with van der Waals surface area (Å²) in [5, 5.41) is 4.63. The molecule has 0 aliphatic carbocycles. The maximum Gasteiger partial charge on any atom is 0.410 e. The van der Waals surface area contributed by atoms with Gasteiger partial charge in [-0.15, -0.1) is 0 Å². The van der Waals surface area contributed by atoms with Gasteiger partial charge in [-0.25, -0.2) is 4.79 Å². The molecule has 2 aliphatic rings. The lowest BCUT2D eigenvalue weighted by atomic mass is 10.0. The number of benzene rings is 2. The minimum Gasteiger partial charge on any atom is -0.444 e. The second-order valence-corrected chi connectivity index (χ2v) is 12.3. The number of likely N-dealkylation sites (N-methyl/N-ethyl adjacent to an activating group) is 1. The first-order valence-corrected chi connectivity index (χ1v) is 14.7. The first-order valence-electron chi connectivity index (χ1n) is 14.3. The maximum atomic E-state index is 15.3. The van der Waals surface area contributed by atoms with E-state index in [1.807, 2.05) is 0 Å². The monoisotopic (exact) mass is 648 g/mol. The standard InChI is InChI=1S/C31H35ClF2N4O7/c1-30(2,3)45-29(43)37(4)12-14-44-13-11-18-5-7-21(16-23(18)32)35-28(42)31(33,34)20-6-8-22-19(15-20)17-38(27(22)41)24-9-10-25(39)36-26(24)40/h5-8,15-16,24H,9-14,17H2,1-4H3,(H,35,42)(H,36,39,40). The fourth-order valence-corrected chi connectivity index (χ4v) is 5.13. The van der Waals surface area contributed by atoms with Gasteiger partial charge in [-0.1, -0.05) is 23.7 Å². The van der Waals surface area contributed by atoms with Crippen LogP contribution in [0.4, 0.5) is 19.3 Å². The Bertz CT molecular complexity index is 1510. The van der Waals surface area contributed by atoms with Crippen LogP contribution >= 0.6 is 11.6 Å². The normalized spacial score (nSPS) is 16.7. The Balaban J connectivity index is 1.31. The number of amides is 5. The highest BCUT2D eigenvalue weighted by atomic mass is 35.5. The minimum absolute atomic E-state index is 0.0635. The van der Waals surface area contributed by atoms with Gasteiger partial charge in [0.1, 0.15) is 11.6 Å². The molecule has 2 N–H and O–H groups in total. The van der Waals surface area contributed by atoms with Crippen LogP contribution < -0.4 is 10.6 Å². The Morgan fingerprint density at radius 1 is 1.11 bits per heavy atom. The van der Waals surface area contributed by atoms with Crippen molar-refractivity contribution in [3.63, 3.8) is 0 Å². The van der Waals surface area contributed by atoms with Gasteiger partial charge in [-0.3, -0.25) is 24.5 Å². The van der Waals surface area contributed by atoms with Crippen molar-refractivity contribution in [3.05, 3.63) is 63.7 Å². The molecule has 0 radical (unpaired) electrons. The predicted octanol–water partition coefficient (Wildman–Crippen LogP) is 4.26. The summed E-state index contributed by atoms with van der Waals surface area (Å²) in [6.07, 6.45) is 0.148. The van der Waals surface area contributed by atoms with E-state index in [1.165, 1.54) is 28.0 Å². The first-order chi connectivity index (χ1) is 21.1. The molecule has 1 unspecified atom stereocenters. The van der Waals surface area contributed by atoms with Gasteiger partial charge in [-0.2, -0.15) is 8.78 Å². The predicted molar refractivity (Wildman–Crippen MR) is 160 cm³/mol. The molecule has 14 heteroatoms. The molecule has 0 aromatic heterocycles. The van der Waals surface area contributed by atoms with Gasteiger partial charge in [0.2, 0.25) is 11.8 Å². The Morgan fingerprint density at radius 2 is 1.84 bits per heavy atom. The van der Waals surface area contributed by atoms with E-state index >= 15 is 8.78 Å². The Morgan fingerprint density at radius 3 is 2.51 bits per heavy atom. The third kappa shape index (κ3) is 8.14. The van der Waals surface area contributed by atoms with E-state index in [9.17, 15) is 24.0 Å². The lowest BCUT2D eigenvalue weighted by Gasteiger charge is -2.29. The minimum atomic E-state index is -3.95. The number of halogens is 3. The maximum absolute atomic E-state index is 15.3. The Kier molecular flexibility index (Phi) is 10.1. The molecule has 0 saturated carbocycles. The molecule has 1 atom stereocenters. The average molecular weight is 649 g/mol. The number of nitrogens with zero attached hydrogens (tertiary/aromatic N) is 2. The summed E-state index contributed by atoms with van der Waals surface area (Å²) in [6, 6.07) is 6.82. The van der Waals surface area contributed by atoms with E-state index < -0.39 is 52.9 Å². The number of carbonyl (C=O) groups excluding carboxylic acids is 5. The first kappa shape index (κ1) is 33.8. The highest BCUT2D eigenvalue weighted by molar-refractivity contribution is 6.31. The quantitative estimate of drug-likeness (QED) is 0.291. The van der Waals surface area contributed by atoms with Crippen molar-refractivity contribution in [2.75, 3.05) is 32.1 Å². The summed E-state index contributed by atoms with van der Waals surface area (Å²) >= 11 is 6.34. The third-order valence-corrected chi connectivity index (χ3v) is 7.63. The fourth-order valence-electron chi connectivity index (χ4n) is 4.86. The number of imide groups is 1. The number of hydrogen-bond acceptors (Lipinski definition) is 7. The SMILES string of the molecule is CN(CCOCCc1ccc(NC(=O)C(F)(F)c2ccc3c(c2)CN(C2CCC(=O)NC2=O)C3=O)cc1Cl)C(=O)OC(C)(C)C. The number of ether oxygens (including phenoxy) is 2. The molecular formula is C31H35ClF2N4O7. The fraction of sp³-hybridized carbons (Fsp3) is 0.452. The van der Waals surface area contributed by atoms with Crippen LogP contribution in [0.25, 0.3) is 0 Å². The van der Waals surface area contributed by atoms with Crippen molar-refractivity contribution in [1.29, 1.82) is 0 Å². The highest BCUT2D eigenvalue weighted by Gasteiger charge is 2.44.